The quantitative estimate of drug-likeness (QED) is 0.737. The molecule has 3 nitrogen and oxygen atoms in total. The van der Waals surface area contributed by atoms with Gasteiger partial charge in [-0.2, -0.15) is 0 Å². The third-order valence-electron chi connectivity index (χ3n) is 4.13. The van der Waals surface area contributed by atoms with E-state index in [1.807, 2.05) is 12.1 Å². The van der Waals surface area contributed by atoms with Gasteiger partial charge < -0.3 is 16.6 Å². The normalized spacial score (nSPS) is 25.9. The fourth-order valence-corrected chi connectivity index (χ4v) is 2.67. The Labute approximate surface area is 121 Å². The summed E-state index contributed by atoms with van der Waals surface area (Å²) in [5.74, 6) is 0.303. The van der Waals surface area contributed by atoms with Gasteiger partial charge in [0.2, 0.25) is 0 Å². The molecule has 0 spiro atoms. The molecular weight excluding hydrogens is 248 g/mol. The van der Waals surface area contributed by atoms with Crippen LogP contribution in [-0.2, 0) is 5.41 Å². The van der Waals surface area contributed by atoms with Crippen LogP contribution in [0.4, 0.5) is 0 Å². The van der Waals surface area contributed by atoms with E-state index in [1.54, 1.807) is 6.07 Å². The van der Waals surface area contributed by atoms with Crippen LogP contribution >= 0.6 is 0 Å². The van der Waals surface area contributed by atoms with Crippen molar-refractivity contribution < 1.29 is 5.11 Å². The molecule has 2 atom stereocenters. The standard InChI is InChI=1S/C17H26N2O/c1-17(2,3)13-7-8-15(20)12(10-13)9-11-5-4-6-14(18)16(11)19/h7-10,14,16,20H,4-6,18-19H2,1-3H3/b11-9-. The van der Waals surface area contributed by atoms with Crippen LogP contribution in [0.25, 0.3) is 6.08 Å². The number of nitrogens with two attached hydrogens (primary N) is 2. The van der Waals surface area contributed by atoms with Crippen LogP contribution < -0.4 is 11.5 Å². The molecule has 1 fully saturated rings. The number of hydrogen-bond donors (Lipinski definition) is 3. The Morgan fingerprint density at radius 2 is 1.95 bits per heavy atom. The zero-order valence-electron chi connectivity index (χ0n) is 12.7. The van der Waals surface area contributed by atoms with E-state index in [2.05, 4.69) is 26.8 Å². The van der Waals surface area contributed by atoms with Gasteiger partial charge in [-0.15, -0.1) is 0 Å². The third kappa shape index (κ3) is 3.22. The van der Waals surface area contributed by atoms with E-state index in [-0.39, 0.29) is 17.5 Å². The van der Waals surface area contributed by atoms with Gasteiger partial charge in [-0.3, -0.25) is 0 Å². The first-order chi connectivity index (χ1) is 9.29. The molecule has 0 aromatic heterocycles. The van der Waals surface area contributed by atoms with Crippen molar-refractivity contribution in [3.63, 3.8) is 0 Å². The Morgan fingerprint density at radius 1 is 1.25 bits per heavy atom. The second-order valence-electron chi connectivity index (χ2n) is 6.82. The maximum absolute atomic E-state index is 10.1. The van der Waals surface area contributed by atoms with Gasteiger partial charge in [0.1, 0.15) is 5.75 Å². The van der Waals surface area contributed by atoms with Crippen LogP contribution in [0.15, 0.2) is 23.8 Å². The Kier molecular flexibility index (Phi) is 4.21. The highest BCUT2D eigenvalue weighted by molar-refractivity contribution is 5.62. The lowest BCUT2D eigenvalue weighted by atomic mass is 9.83. The molecule has 0 aliphatic heterocycles. The summed E-state index contributed by atoms with van der Waals surface area (Å²) in [6.45, 7) is 6.50. The first-order valence-corrected chi connectivity index (χ1v) is 7.34. The fraction of sp³-hybridized carbons (Fsp3) is 0.529. The molecule has 0 radical (unpaired) electrons. The molecule has 1 aliphatic carbocycles. The summed E-state index contributed by atoms with van der Waals surface area (Å²) in [6.07, 6.45) is 5.04. The van der Waals surface area contributed by atoms with E-state index in [9.17, 15) is 5.11 Å². The number of rotatable bonds is 1. The second-order valence-corrected chi connectivity index (χ2v) is 6.82. The molecule has 0 amide bonds. The summed E-state index contributed by atoms with van der Waals surface area (Å²) >= 11 is 0. The third-order valence-corrected chi connectivity index (χ3v) is 4.13. The van der Waals surface area contributed by atoms with E-state index in [4.69, 9.17) is 11.5 Å². The lowest BCUT2D eigenvalue weighted by molar-refractivity contribution is 0.462. The molecule has 0 saturated heterocycles. The van der Waals surface area contributed by atoms with E-state index in [1.165, 1.54) is 5.56 Å². The van der Waals surface area contributed by atoms with Gasteiger partial charge in [0, 0.05) is 17.6 Å². The van der Waals surface area contributed by atoms with Crippen molar-refractivity contribution in [2.75, 3.05) is 0 Å². The largest absolute Gasteiger partial charge is 0.507 e. The lowest BCUT2D eigenvalue weighted by Gasteiger charge is -2.28. The number of phenols is 1. The molecule has 1 aliphatic rings. The molecule has 0 heterocycles. The van der Waals surface area contributed by atoms with E-state index in [0.29, 0.717) is 5.75 Å². The fourth-order valence-electron chi connectivity index (χ4n) is 2.67. The molecule has 20 heavy (non-hydrogen) atoms. The Bertz CT molecular complexity index is 514. The van der Waals surface area contributed by atoms with Gasteiger partial charge in [0.25, 0.3) is 0 Å². The molecule has 110 valence electrons. The molecule has 1 aromatic carbocycles. The maximum Gasteiger partial charge on any atom is 0.122 e. The predicted octanol–water partition coefficient (Wildman–Crippen LogP) is 2.91. The molecular formula is C17H26N2O. The number of benzene rings is 1. The zero-order valence-corrected chi connectivity index (χ0v) is 12.7. The smallest absolute Gasteiger partial charge is 0.122 e. The molecule has 3 heteroatoms. The number of aromatic hydroxyl groups is 1. The van der Waals surface area contributed by atoms with E-state index < -0.39 is 0 Å². The minimum atomic E-state index is -0.0959. The summed E-state index contributed by atoms with van der Waals surface area (Å²) in [5, 5.41) is 10.1. The van der Waals surface area contributed by atoms with Crippen molar-refractivity contribution in [1.82, 2.24) is 0 Å². The summed E-state index contributed by atoms with van der Waals surface area (Å²) < 4.78 is 0. The Hall–Kier alpha value is -1.32. The van der Waals surface area contributed by atoms with Crippen LogP contribution in [0.2, 0.25) is 0 Å². The summed E-state index contributed by atoms with van der Waals surface area (Å²) in [5.41, 5.74) is 15.5. The SMILES string of the molecule is CC(C)(C)c1ccc(O)c(/C=C2/CCCC(N)C2N)c1. The topological polar surface area (TPSA) is 72.3 Å². The lowest BCUT2D eigenvalue weighted by Crippen LogP contribution is -2.45. The molecule has 5 N–H and O–H groups in total. The van der Waals surface area contributed by atoms with E-state index >= 15 is 0 Å². The monoisotopic (exact) mass is 274 g/mol. The number of phenolic OH excluding ortho intramolecular Hbond substituents is 1. The van der Waals surface area contributed by atoms with Gasteiger partial charge in [0.05, 0.1) is 0 Å². The van der Waals surface area contributed by atoms with Crippen molar-refractivity contribution in [2.24, 2.45) is 11.5 Å². The van der Waals surface area contributed by atoms with Crippen LogP contribution in [-0.4, -0.2) is 17.2 Å². The Morgan fingerprint density at radius 3 is 2.60 bits per heavy atom. The van der Waals surface area contributed by atoms with Crippen molar-refractivity contribution in [2.45, 2.75) is 57.5 Å². The van der Waals surface area contributed by atoms with Crippen molar-refractivity contribution in [3.05, 3.63) is 34.9 Å². The predicted molar refractivity (Wildman–Crippen MR) is 84.6 cm³/mol. The highest BCUT2D eigenvalue weighted by Crippen LogP contribution is 2.31. The summed E-state index contributed by atoms with van der Waals surface area (Å²) in [4.78, 5) is 0. The van der Waals surface area contributed by atoms with Crippen molar-refractivity contribution in [1.29, 1.82) is 0 Å². The highest BCUT2D eigenvalue weighted by Gasteiger charge is 2.23. The first kappa shape index (κ1) is 15.1. The second kappa shape index (κ2) is 5.58. The Balaban J connectivity index is 2.37. The van der Waals surface area contributed by atoms with Gasteiger partial charge in [-0.05, 0) is 42.4 Å². The first-order valence-electron chi connectivity index (χ1n) is 7.34. The van der Waals surface area contributed by atoms with Gasteiger partial charge in [0.15, 0.2) is 0 Å². The molecule has 0 bridgehead atoms. The average Bonchev–Trinajstić information content (AvgIpc) is 2.36. The highest BCUT2D eigenvalue weighted by atomic mass is 16.3. The van der Waals surface area contributed by atoms with Crippen LogP contribution in [0.3, 0.4) is 0 Å². The summed E-state index contributed by atoms with van der Waals surface area (Å²) in [6, 6.07) is 5.73. The van der Waals surface area contributed by atoms with Gasteiger partial charge >= 0.3 is 0 Å². The average molecular weight is 274 g/mol. The van der Waals surface area contributed by atoms with Crippen LogP contribution in [0.5, 0.6) is 5.75 Å². The number of hydrogen-bond acceptors (Lipinski definition) is 3. The minimum absolute atomic E-state index is 0.0305. The maximum atomic E-state index is 10.1. The molecule has 1 aromatic rings. The van der Waals surface area contributed by atoms with Gasteiger partial charge in [-0.25, -0.2) is 0 Å². The zero-order chi connectivity index (χ0) is 14.9. The molecule has 1 saturated carbocycles. The van der Waals surface area contributed by atoms with E-state index in [0.717, 1.165) is 30.4 Å². The molecule has 2 unspecified atom stereocenters. The van der Waals surface area contributed by atoms with Crippen LogP contribution in [0.1, 0.15) is 51.2 Å². The molecule has 2 rings (SSSR count). The summed E-state index contributed by atoms with van der Waals surface area (Å²) in [7, 11) is 0. The van der Waals surface area contributed by atoms with Gasteiger partial charge in [-0.1, -0.05) is 38.5 Å². The minimum Gasteiger partial charge on any atom is -0.507 e. The van der Waals surface area contributed by atoms with Crippen molar-refractivity contribution >= 4 is 6.08 Å². The van der Waals surface area contributed by atoms with Crippen molar-refractivity contribution in [3.8, 4) is 5.75 Å². The van der Waals surface area contributed by atoms with Crippen LogP contribution in [0, 0.1) is 0 Å².